The third-order valence-corrected chi connectivity index (χ3v) is 3.27. The normalized spacial score (nSPS) is 21.0. The van der Waals surface area contributed by atoms with Crippen molar-refractivity contribution in [3.05, 3.63) is 23.8 Å². The molecule has 0 heterocycles. The quantitative estimate of drug-likeness (QED) is 0.705. The molecule has 0 saturated carbocycles. The van der Waals surface area contributed by atoms with Gasteiger partial charge in [-0.05, 0) is 37.6 Å². The van der Waals surface area contributed by atoms with Crippen molar-refractivity contribution in [1.82, 2.24) is 0 Å². The summed E-state index contributed by atoms with van der Waals surface area (Å²) in [6.45, 7) is 5.39. The highest BCUT2D eigenvalue weighted by Gasteiger charge is 2.25. The van der Waals surface area contributed by atoms with Crippen molar-refractivity contribution in [2.45, 2.75) is 39.5 Å². The van der Waals surface area contributed by atoms with E-state index in [-0.39, 0.29) is 0 Å². The van der Waals surface area contributed by atoms with E-state index in [2.05, 4.69) is 32.1 Å². The molecule has 1 nitrogen and oxygen atoms in total. The Balaban J connectivity index is 2.74. The molecule has 1 heteroatoms. The fourth-order valence-corrected chi connectivity index (χ4v) is 1.99. The minimum absolute atomic E-state index is 0.347. The lowest BCUT2D eigenvalue weighted by atomic mass is 9.74. The number of allylic oxidation sites excluding steroid dienone is 4. The van der Waals surface area contributed by atoms with Gasteiger partial charge in [0.15, 0.2) is 0 Å². The van der Waals surface area contributed by atoms with Crippen molar-refractivity contribution < 1.29 is 0 Å². The van der Waals surface area contributed by atoms with Gasteiger partial charge in [0.2, 0.25) is 0 Å². The smallest absolute Gasteiger partial charge is 0.00690 e. The Morgan fingerprint density at radius 1 is 1.54 bits per heavy atom. The molecular formula is C12H21N. The van der Waals surface area contributed by atoms with Crippen LogP contribution < -0.4 is 5.73 Å². The molecule has 2 N–H and O–H groups in total. The van der Waals surface area contributed by atoms with Crippen LogP contribution in [0.3, 0.4) is 0 Å². The summed E-state index contributed by atoms with van der Waals surface area (Å²) >= 11 is 0. The molecule has 0 aliphatic heterocycles. The number of hydrogen-bond donors (Lipinski definition) is 1. The first-order valence-electron chi connectivity index (χ1n) is 5.29. The van der Waals surface area contributed by atoms with Crippen molar-refractivity contribution in [3.8, 4) is 0 Å². The molecule has 0 spiro atoms. The van der Waals surface area contributed by atoms with E-state index in [1.54, 1.807) is 5.57 Å². The molecule has 0 aromatic rings. The summed E-state index contributed by atoms with van der Waals surface area (Å²) in [5.41, 5.74) is 7.58. The summed E-state index contributed by atoms with van der Waals surface area (Å²) < 4.78 is 0. The number of hydrogen-bond acceptors (Lipinski definition) is 1. The van der Waals surface area contributed by atoms with Gasteiger partial charge in [-0.3, -0.25) is 0 Å². The lowest BCUT2D eigenvalue weighted by molar-refractivity contribution is 0.345. The van der Waals surface area contributed by atoms with E-state index in [1.807, 2.05) is 0 Å². The zero-order valence-electron chi connectivity index (χ0n) is 8.84. The SMILES string of the molecule is CCC(C)(CCN)C1=CC=CCC1. The second-order valence-corrected chi connectivity index (χ2v) is 4.11. The zero-order valence-corrected chi connectivity index (χ0v) is 8.84. The van der Waals surface area contributed by atoms with E-state index < -0.39 is 0 Å². The largest absolute Gasteiger partial charge is 0.330 e. The third-order valence-electron chi connectivity index (χ3n) is 3.27. The first kappa shape index (κ1) is 10.5. The predicted octanol–water partition coefficient (Wildman–Crippen LogP) is 3.03. The maximum atomic E-state index is 5.65. The maximum Gasteiger partial charge on any atom is -0.00690 e. The van der Waals surface area contributed by atoms with Crippen molar-refractivity contribution in [2.75, 3.05) is 6.54 Å². The van der Waals surface area contributed by atoms with Gasteiger partial charge >= 0.3 is 0 Å². The van der Waals surface area contributed by atoms with Crippen LogP contribution in [0.4, 0.5) is 0 Å². The van der Waals surface area contributed by atoms with Crippen molar-refractivity contribution in [3.63, 3.8) is 0 Å². The molecule has 0 aromatic heterocycles. The van der Waals surface area contributed by atoms with Crippen LogP contribution in [0.5, 0.6) is 0 Å². The van der Waals surface area contributed by atoms with Crippen LogP contribution in [0.1, 0.15) is 39.5 Å². The summed E-state index contributed by atoms with van der Waals surface area (Å²) in [7, 11) is 0. The molecular weight excluding hydrogens is 158 g/mol. The van der Waals surface area contributed by atoms with Gasteiger partial charge in [0.25, 0.3) is 0 Å². The lowest BCUT2D eigenvalue weighted by Gasteiger charge is -2.32. The topological polar surface area (TPSA) is 26.0 Å². The molecule has 0 saturated heterocycles. The highest BCUT2D eigenvalue weighted by Crippen LogP contribution is 2.37. The van der Waals surface area contributed by atoms with E-state index in [1.165, 1.54) is 19.3 Å². The second kappa shape index (κ2) is 4.61. The van der Waals surface area contributed by atoms with Gasteiger partial charge in [-0.1, -0.05) is 37.6 Å². The minimum atomic E-state index is 0.347. The van der Waals surface area contributed by atoms with Gasteiger partial charge in [-0.25, -0.2) is 0 Å². The van der Waals surface area contributed by atoms with Crippen LogP contribution in [0.15, 0.2) is 23.8 Å². The Morgan fingerprint density at radius 2 is 2.31 bits per heavy atom. The Morgan fingerprint density at radius 3 is 2.77 bits per heavy atom. The van der Waals surface area contributed by atoms with Crippen molar-refractivity contribution in [2.24, 2.45) is 11.1 Å². The van der Waals surface area contributed by atoms with Crippen LogP contribution in [0, 0.1) is 5.41 Å². The average molecular weight is 179 g/mol. The fourth-order valence-electron chi connectivity index (χ4n) is 1.99. The van der Waals surface area contributed by atoms with E-state index in [0.717, 1.165) is 13.0 Å². The van der Waals surface area contributed by atoms with E-state index >= 15 is 0 Å². The maximum absolute atomic E-state index is 5.65. The Bertz CT molecular complexity index is 215. The highest BCUT2D eigenvalue weighted by atomic mass is 14.5. The second-order valence-electron chi connectivity index (χ2n) is 4.11. The average Bonchev–Trinajstić information content (AvgIpc) is 2.19. The standard InChI is InChI=1S/C12H21N/c1-3-12(2,9-10-13)11-7-5-4-6-8-11/h4-5,7H,3,6,8-10,13H2,1-2H3. The van der Waals surface area contributed by atoms with Crippen LogP contribution in [0.2, 0.25) is 0 Å². The molecule has 1 unspecified atom stereocenters. The van der Waals surface area contributed by atoms with E-state index in [4.69, 9.17) is 5.73 Å². The Kier molecular flexibility index (Phi) is 3.73. The third kappa shape index (κ3) is 2.44. The minimum Gasteiger partial charge on any atom is -0.330 e. The highest BCUT2D eigenvalue weighted by molar-refractivity contribution is 5.23. The van der Waals surface area contributed by atoms with Crippen molar-refractivity contribution in [1.29, 1.82) is 0 Å². The summed E-state index contributed by atoms with van der Waals surface area (Å²) in [5, 5.41) is 0. The fraction of sp³-hybridized carbons (Fsp3) is 0.667. The first-order chi connectivity index (χ1) is 6.23. The molecule has 74 valence electrons. The molecule has 1 atom stereocenters. The van der Waals surface area contributed by atoms with E-state index in [0.29, 0.717) is 5.41 Å². The molecule has 1 rings (SSSR count). The van der Waals surface area contributed by atoms with Crippen LogP contribution in [-0.2, 0) is 0 Å². The molecule has 0 fully saturated rings. The van der Waals surface area contributed by atoms with Crippen LogP contribution in [0.25, 0.3) is 0 Å². The summed E-state index contributed by atoms with van der Waals surface area (Å²) in [6.07, 6.45) is 11.4. The van der Waals surface area contributed by atoms with Gasteiger partial charge in [0.05, 0.1) is 0 Å². The molecule has 1 aliphatic carbocycles. The zero-order chi connectivity index (χ0) is 9.73. The molecule has 1 aliphatic rings. The summed E-state index contributed by atoms with van der Waals surface area (Å²) in [5.74, 6) is 0. The Hall–Kier alpha value is -0.560. The van der Waals surface area contributed by atoms with Crippen molar-refractivity contribution >= 4 is 0 Å². The molecule has 0 radical (unpaired) electrons. The van der Waals surface area contributed by atoms with Gasteiger partial charge in [0, 0.05) is 0 Å². The molecule has 0 bridgehead atoms. The Labute approximate surface area is 81.7 Å². The summed E-state index contributed by atoms with van der Waals surface area (Å²) in [4.78, 5) is 0. The first-order valence-corrected chi connectivity index (χ1v) is 5.29. The molecule has 0 amide bonds. The summed E-state index contributed by atoms with van der Waals surface area (Å²) in [6, 6.07) is 0. The monoisotopic (exact) mass is 179 g/mol. The molecule has 0 aromatic carbocycles. The van der Waals surface area contributed by atoms with Gasteiger partial charge in [0.1, 0.15) is 0 Å². The van der Waals surface area contributed by atoms with Gasteiger partial charge in [-0.2, -0.15) is 0 Å². The molecule has 13 heavy (non-hydrogen) atoms. The van der Waals surface area contributed by atoms with Gasteiger partial charge < -0.3 is 5.73 Å². The van der Waals surface area contributed by atoms with Crippen LogP contribution >= 0.6 is 0 Å². The lowest BCUT2D eigenvalue weighted by Crippen LogP contribution is -2.23. The predicted molar refractivity (Wildman–Crippen MR) is 58.5 cm³/mol. The number of rotatable bonds is 4. The van der Waals surface area contributed by atoms with Gasteiger partial charge in [-0.15, -0.1) is 0 Å². The van der Waals surface area contributed by atoms with E-state index in [9.17, 15) is 0 Å². The number of nitrogens with two attached hydrogens (primary N) is 1. The van der Waals surface area contributed by atoms with Crippen LogP contribution in [-0.4, -0.2) is 6.54 Å².